The lowest BCUT2D eigenvalue weighted by molar-refractivity contribution is -0.126. The minimum Gasteiger partial charge on any atom is -0.345 e. The number of nitrogens with zero attached hydrogens (tertiary/aromatic N) is 1. The molecule has 0 bridgehead atoms. The van der Waals surface area contributed by atoms with Crippen molar-refractivity contribution in [1.82, 2.24) is 15.5 Å². The van der Waals surface area contributed by atoms with Crippen molar-refractivity contribution in [2.24, 2.45) is 0 Å². The zero-order valence-electron chi connectivity index (χ0n) is 15.2. The molecule has 1 aromatic carbocycles. The molecule has 6 heteroatoms. The summed E-state index contributed by atoms with van der Waals surface area (Å²) in [5.41, 5.74) is 1.78. The van der Waals surface area contributed by atoms with E-state index < -0.39 is 6.04 Å². The molecule has 2 aromatic rings. The first-order chi connectivity index (χ1) is 11.8. The number of nitrogens with one attached hydrogen (secondary N) is 3. The van der Waals surface area contributed by atoms with Crippen molar-refractivity contribution in [3.8, 4) is 0 Å². The first-order valence-electron chi connectivity index (χ1n) is 8.56. The lowest BCUT2D eigenvalue weighted by Gasteiger charge is -2.23. The summed E-state index contributed by atoms with van der Waals surface area (Å²) in [7, 11) is 0. The largest absolute Gasteiger partial charge is 0.345 e. The van der Waals surface area contributed by atoms with Crippen molar-refractivity contribution < 1.29 is 9.59 Å². The first-order valence-corrected chi connectivity index (χ1v) is 8.56. The van der Waals surface area contributed by atoms with E-state index in [1.165, 1.54) is 0 Å². The van der Waals surface area contributed by atoms with E-state index in [-0.39, 0.29) is 17.2 Å². The van der Waals surface area contributed by atoms with Crippen LogP contribution in [-0.4, -0.2) is 28.1 Å². The number of H-pyrrole nitrogens is 1. The molecule has 2 amide bonds. The van der Waals surface area contributed by atoms with Gasteiger partial charge in [-0.05, 0) is 18.9 Å². The fourth-order valence-corrected chi connectivity index (χ4v) is 2.56. The van der Waals surface area contributed by atoms with Gasteiger partial charge in [-0.2, -0.15) is 5.10 Å². The molecule has 134 valence electrons. The number of benzene rings is 1. The maximum absolute atomic E-state index is 12.2. The van der Waals surface area contributed by atoms with E-state index >= 15 is 0 Å². The Morgan fingerprint density at radius 2 is 1.92 bits per heavy atom. The number of hydrogen-bond acceptors (Lipinski definition) is 3. The molecule has 2 rings (SSSR count). The molecular formula is C19H26N4O2. The molecule has 1 aromatic heterocycles. The predicted molar refractivity (Wildman–Crippen MR) is 98.3 cm³/mol. The van der Waals surface area contributed by atoms with Gasteiger partial charge in [-0.3, -0.25) is 14.7 Å². The third-order valence-corrected chi connectivity index (χ3v) is 4.25. The van der Waals surface area contributed by atoms with Crippen LogP contribution in [0.25, 0.3) is 0 Å². The van der Waals surface area contributed by atoms with Crippen LogP contribution in [0.2, 0.25) is 0 Å². The molecule has 0 radical (unpaired) electrons. The number of carbonyl (C=O) groups excluding carboxylic acids is 2. The highest BCUT2D eigenvalue weighted by atomic mass is 16.2. The van der Waals surface area contributed by atoms with Crippen LogP contribution in [0, 0.1) is 0 Å². The number of hydrogen-bond donors (Lipinski definition) is 3. The normalized spacial score (nSPS) is 12.5. The minimum absolute atomic E-state index is 0.127. The third-order valence-electron chi connectivity index (χ3n) is 4.25. The van der Waals surface area contributed by atoms with Crippen LogP contribution >= 0.6 is 0 Å². The monoisotopic (exact) mass is 342 g/mol. The fraction of sp³-hybridized carbons (Fsp3) is 0.421. The molecule has 0 aliphatic rings. The van der Waals surface area contributed by atoms with Crippen LogP contribution in [0.4, 0.5) is 5.82 Å². The lowest BCUT2D eigenvalue weighted by atomic mass is 9.82. The zero-order valence-corrected chi connectivity index (χ0v) is 15.2. The van der Waals surface area contributed by atoms with Gasteiger partial charge in [0.2, 0.25) is 11.8 Å². The molecule has 1 heterocycles. The molecule has 1 atom stereocenters. The Labute approximate surface area is 148 Å². The van der Waals surface area contributed by atoms with Crippen molar-refractivity contribution in [2.45, 2.75) is 52.0 Å². The van der Waals surface area contributed by atoms with Crippen LogP contribution in [0.15, 0.2) is 36.4 Å². The topological polar surface area (TPSA) is 86.9 Å². The summed E-state index contributed by atoms with van der Waals surface area (Å²) in [6.07, 6.45) is 1.16. The number of aromatic amines is 1. The molecule has 0 saturated carbocycles. The maximum Gasteiger partial charge on any atom is 0.247 e. The van der Waals surface area contributed by atoms with Crippen molar-refractivity contribution in [3.05, 3.63) is 47.7 Å². The van der Waals surface area contributed by atoms with Gasteiger partial charge in [0, 0.05) is 23.6 Å². The van der Waals surface area contributed by atoms with E-state index in [2.05, 4.69) is 46.8 Å². The van der Waals surface area contributed by atoms with Crippen molar-refractivity contribution in [3.63, 3.8) is 0 Å². The van der Waals surface area contributed by atoms with Crippen LogP contribution in [0.3, 0.4) is 0 Å². The molecular weight excluding hydrogens is 316 g/mol. The summed E-state index contributed by atoms with van der Waals surface area (Å²) in [5.74, 6) is 0.0266. The number of carbonyl (C=O) groups is 2. The Hall–Kier alpha value is -2.63. The zero-order chi connectivity index (χ0) is 18.4. The van der Waals surface area contributed by atoms with E-state index in [0.717, 1.165) is 17.7 Å². The number of rotatable bonds is 7. The van der Waals surface area contributed by atoms with Crippen LogP contribution < -0.4 is 10.6 Å². The second kappa shape index (κ2) is 7.96. The Bertz CT molecular complexity index is 722. The van der Waals surface area contributed by atoms with Crippen LogP contribution in [0.1, 0.15) is 51.8 Å². The van der Waals surface area contributed by atoms with Crippen molar-refractivity contribution in [2.75, 3.05) is 5.32 Å². The van der Waals surface area contributed by atoms with Gasteiger partial charge < -0.3 is 10.6 Å². The van der Waals surface area contributed by atoms with Gasteiger partial charge in [-0.15, -0.1) is 0 Å². The fourth-order valence-electron chi connectivity index (χ4n) is 2.56. The molecule has 6 nitrogen and oxygen atoms in total. The van der Waals surface area contributed by atoms with E-state index in [4.69, 9.17) is 0 Å². The molecule has 1 unspecified atom stereocenters. The van der Waals surface area contributed by atoms with Crippen molar-refractivity contribution in [1.29, 1.82) is 0 Å². The standard InChI is InChI=1S/C19H26N4O2/c1-5-9-17(24)20-13(2)18(25)21-16-12-15(22-23-16)19(3,4)14-10-7-6-8-11-14/h6-8,10-13H,5,9H2,1-4H3,(H,20,24)(H2,21,22,23,25). The average Bonchev–Trinajstić information content (AvgIpc) is 3.05. The highest BCUT2D eigenvalue weighted by Crippen LogP contribution is 2.30. The summed E-state index contributed by atoms with van der Waals surface area (Å²) >= 11 is 0. The van der Waals surface area contributed by atoms with E-state index in [0.29, 0.717) is 12.2 Å². The molecule has 0 spiro atoms. The van der Waals surface area contributed by atoms with Crippen LogP contribution in [0.5, 0.6) is 0 Å². The SMILES string of the molecule is CCCC(=O)NC(C)C(=O)Nc1cc(C(C)(C)c2ccccc2)[nH]n1. The third kappa shape index (κ3) is 4.68. The Kier molecular flexibility index (Phi) is 5.96. The van der Waals surface area contributed by atoms with E-state index in [1.807, 2.05) is 31.2 Å². The molecule has 25 heavy (non-hydrogen) atoms. The van der Waals surface area contributed by atoms with Gasteiger partial charge in [-0.1, -0.05) is 51.1 Å². The van der Waals surface area contributed by atoms with Gasteiger partial charge in [0.25, 0.3) is 0 Å². The molecule has 3 N–H and O–H groups in total. The summed E-state index contributed by atoms with van der Waals surface area (Å²) in [4.78, 5) is 23.8. The average molecular weight is 342 g/mol. The van der Waals surface area contributed by atoms with Gasteiger partial charge in [0.05, 0.1) is 0 Å². The second-order valence-corrected chi connectivity index (χ2v) is 6.69. The Morgan fingerprint density at radius 3 is 2.56 bits per heavy atom. The minimum atomic E-state index is -0.610. The predicted octanol–water partition coefficient (Wildman–Crippen LogP) is 2.98. The number of aromatic nitrogens is 2. The summed E-state index contributed by atoms with van der Waals surface area (Å²) in [6.45, 7) is 7.76. The van der Waals surface area contributed by atoms with E-state index in [1.54, 1.807) is 6.92 Å². The smallest absolute Gasteiger partial charge is 0.247 e. The number of anilines is 1. The maximum atomic E-state index is 12.2. The summed E-state index contributed by atoms with van der Waals surface area (Å²) in [6, 6.07) is 11.3. The van der Waals surface area contributed by atoms with E-state index in [9.17, 15) is 9.59 Å². The summed E-state index contributed by atoms with van der Waals surface area (Å²) < 4.78 is 0. The van der Waals surface area contributed by atoms with Crippen molar-refractivity contribution >= 4 is 17.6 Å². The van der Waals surface area contributed by atoms with Gasteiger partial charge in [-0.25, -0.2) is 0 Å². The Balaban J connectivity index is 2.04. The van der Waals surface area contributed by atoms with Gasteiger partial charge in [0.1, 0.15) is 6.04 Å². The molecule has 0 saturated heterocycles. The first kappa shape index (κ1) is 18.7. The molecule has 0 fully saturated rings. The van der Waals surface area contributed by atoms with Gasteiger partial charge >= 0.3 is 0 Å². The summed E-state index contributed by atoms with van der Waals surface area (Å²) in [5, 5.41) is 12.6. The highest BCUT2D eigenvalue weighted by molar-refractivity contribution is 5.96. The van der Waals surface area contributed by atoms with Gasteiger partial charge in [0.15, 0.2) is 5.82 Å². The molecule has 0 aliphatic heterocycles. The Morgan fingerprint density at radius 1 is 1.24 bits per heavy atom. The quantitative estimate of drug-likeness (QED) is 0.723. The lowest BCUT2D eigenvalue weighted by Crippen LogP contribution is -2.41. The number of amides is 2. The second-order valence-electron chi connectivity index (χ2n) is 6.69. The molecule has 0 aliphatic carbocycles. The highest BCUT2D eigenvalue weighted by Gasteiger charge is 2.26. The van der Waals surface area contributed by atoms with Crippen LogP contribution in [-0.2, 0) is 15.0 Å².